The Bertz CT molecular complexity index is 438. The molecule has 1 saturated carbocycles. The molecular weight excluding hydrogens is 252 g/mol. The van der Waals surface area contributed by atoms with Gasteiger partial charge in [-0.25, -0.2) is 15.6 Å². The van der Waals surface area contributed by atoms with Crippen LogP contribution in [0.5, 0.6) is 0 Å². The van der Waals surface area contributed by atoms with Crippen LogP contribution in [-0.2, 0) is 0 Å². The number of carbonyl (C=O) groups is 1. The van der Waals surface area contributed by atoms with Crippen molar-refractivity contribution in [3.8, 4) is 0 Å². The number of urea groups is 1. The van der Waals surface area contributed by atoms with Gasteiger partial charge in [-0.1, -0.05) is 19.3 Å². The van der Waals surface area contributed by atoms with E-state index >= 15 is 0 Å². The number of carbonyl (C=O) groups excluding carboxylic acids is 1. The van der Waals surface area contributed by atoms with Crippen molar-refractivity contribution in [1.29, 1.82) is 0 Å². The van der Waals surface area contributed by atoms with Gasteiger partial charge in [0, 0.05) is 25.8 Å². The normalized spacial score (nSPS) is 15.8. The molecule has 0 heterocycles. The van der Waals surface area contributed by atoms with Gasteiger partial charge in [0.1, 0.15) is 0 Å². The van der Waals surface area contributed by atoms with Gasteiger partial charge in [-0.15, -0.1) is 0 Å². The van der Waals surface area contributed by atoms with Crippen LogP contribution in [0.25, 0.3) is 0 Å². The van der Waals surface area contributed by atoms with Crippen LogP contribution in [0.2, 0.25) is 0 Å². The average Bonchev–Trinajstić information content (AvgIpc) is 2.47. The summed E-state index contributed by atoms with van der Waals surface area (Å²) in [7, 11) is 3.95. The van der Waals surface area contributed by atoms with Crippen molar-refractivity contribution in [3.05, 3.63) is 24.3 Å². The quantitative estimate of drug-likeness (QED) is 0.506. The zero-order valence-electron chi connectivity index (χ0n) is 12.3. The topological polar surface area (TPSA) is 61.6 Å². The first-order chi connectivity index (χ1) is 9.58. The molecular formula is C15H24N4O. The summed E-state index contributed by atoms with van der Waals surface area (Å²) < 4.78 is 0. The van der Waals surface area contributed by atoms with Crippen LogP contribution in [0, 0.1) is 0 Å². The molecule has 0 bridgehead atoms. The molecule has 3 N–H and O–H groups in total. The summed E-state index contributed by atoms with van der Waals surface area (Å²) in [5.41, 5.74) is 1.78. The first kappa shape index (κ1) is 14.7. The van der Waals surface area contributed by atoms with Gasteiger partial charge in [0.15, 0.2) is 0 Å². The van der Waals surface area contributed by atoms with Crippen molar-refractivity contribution in [3.63, 3.8) is 0 Å². The molecule has 2 rings (SSSR count). The highest BCUT2D eigenvalue weighted by Crippen LogP contribution is 2.20. The predicted octanol–water partition coefficient (Wildman–Crippen LogP) is 2.48. The fourth-order valence-electron chi connectivity index (χ4n) is 2.52. The van der Waals surface area contributed by atoms with Crippen LogP contribution in [-0.4, -0.2) is 26.2 Å². The van der Waals surface area contributed by atoms with Crippen LogP contribution in [0.15, 0.2) is 24.3 Å². The Morgan fingerprint density at radius 2 is 1.65 bits per heavy atom. The van der Waals surface area contributed by atoms with E-state index in [2.05, 4.69) is 5.32 Å². The number of hydrazine groups is 1. The minimum atomic E-state index is -0.227. The summed E-state index contributed by atoms with van der Waals surface area (Å²) in [4.78, 5) is 14.1. The number of nitrogens with zero attached hydrogens (tertiary/aromatic N) is 2. The van der Waals surface area contributed by atoms with Crippen molar-refractivity contribution in [1.82, 2.24) is 5.32 Å². The van der Waals surface area contributed by atoms with Crippen LogP contribution >= 0.6 is 0 Å². The first-order valence-electron chi connectivity index (χ1n) is 7.20. The lowest BCUT2D eigenvalue weighted by Crippen LogP contribution is -2.49. The van der Waals surface area contributed by atoms with Crippen LogP contribution < -0.4 is 21.1 Å². The molecule has 20 heavy (non-hydrogen) atoms. The number of nitrogens with two attached hydrogens (primary N) is 1. The van der Waals surface area contributed by atoms with Crippen molar-refractivity contribution >= 4 is 17.4 Å². The van der Waals surface area contributed by atoms with Crippen LogP contribution in [0.3, 0.4) is 0 Å². The highest BCUT2D eigenvalue weighted by atomic mass is 16.2. The lowest BCUT2D eigenvalue weighted by Gasteiger charge is -2.26. The van der Waals surface area contributed by atoms with Gasteiger partial charge in [-0.2, -0.15) is 0 Å². The number of benzene rings is 1. The highest BCUT2D eigenvalue weighted by Gasteiger charge is 2.19. The third-order valence-electron chi connectivity index (χ3n) is 3.80. The minimum Gasteiger partial charge on any atom is -0.378 e. The van der Waals surface area contributed by atoms with E-state index in [1.807, 2.05) is 43.3 Å². The van der Waals surface area contributed by atoms with E-state index in [1.165, 1.54) is 24.3 Å². The number of nitrogens with one attached hydrogen (secondary N) is 1. The van der Waals surface area contributed by atoms with Gasteiger partial charge in [0.25, 0.3) is 0 Å². The Kier molecular flexibility index (Phi) is 4.84. The standard InChI is InChI=1S/C15H24N4O/c1-18(2)13-8-10-14(11-9-13)19(16)15(20)17-12-6-4-3-5-7-12/h8-12H,3-7,16H2,1-2H3,(H,17,20). The molecule has 0 aromatic heterocycles. The molecule has 1 aliphatic rings. The Balaban J connectivity index is 1.95. The lowest BCUT2D eigenvalue weighted by molar-refractivity contribution is 0.238. The Hall–Kier alpha value is -1.75. The molecule has 0 atom stereocenters. The van der Waals surface area contributed by atoms with E-state index in [9.17, 15) is 4.79 Å². The van der Waals surface area contributed by atoms with Crippen LogP contribution in [0.4, 0.5) is 16.2 Å². The lowest BCUT2D eigenvalue weighted by atomic mass is 9.96. The molecule has 1 fully saturated rings. The molecule has 1 aromatic carbocycles. The summed E-state index contributed by atoms with van der Waals surface area (Å²) in [6.45, 7) is 0. The fourth-order valence-corrected chi connectivity index (χ4v) is 2.52. The van der Waals surface area contributed by atoms with Crippen molar-refractivity contribution in [2.24, 2.45) is 5.84 Å². The molecule has 110 valence electrons. The molecule has 0 aliphatic heterocycles. The summed E-state index contributed by atoms with van der Waals surface area (Å²) in [5.74, 6) is 5.89. The van der Waals surface area contributed by atoms with E-state index in [0.717, 1.165) is 18.5 Å². The fraction of sp³-hybridized carbons (Fsp3) is 0.533. The van der Waals surface area contributed by atoms with Gasteiger partial charge in [0.05, 0.1) is 5.69 Å². The zero-order chi connectivity index (χ0) is 14.5. The second-order valence-corrected chi connectivity index (χ2v) is 5.57. The number of hydrogen-bond acceptors (Lipinski definition) is 3. The van der Waals surface area contributed by atoms with Crippen LogP contribution in [0.1, 0.15) is 32.1 Å². The Morgan fingerprint density at radius 3 is 2.20 bits per heavy atom. The molecule has 5 heteroatoms. The number of amides is 2. The molecule has 0 saturated heterocycles. The summed E-state index contributed by atoms with van der Waals surface area (Å²) >= 11 is 0. The molecule has 0 spiro atoms. The minimum absolute atomic E-state index is 0.227. The zero-order valence-corrected chi connectivity index (χ0v) is 12.3. The maximum atomic E-state index is 12.1. The first-order valence-corrected chi connectivity index (χ1v) is 7.20. The van der Waals surface area contributed by atoms with Crippen molar-refractivity contribution in [2.45, 2.75) is 38.1 Å². The maximum absolute atomic E-state index is 12.1. The van der Waals surface area contributed by atoms with Crippen molar-refractivity contribution in [2.75, 3.05) is 24.0 Å². The smallest absolute Gasteiger partial charge is 0.336 e. The van der Waals surface area contributed by atoms with Gasteiger partial charge in [-0.05, 0) is 37.1 Å². The predicted molar refractivity (Wildman–Crippen MR) is 82.8 cm³/mol. The largest absolute Gasteiger partial charge is 0.378 e. The summed E-state index contributed by atoms with van der Waals surface area (Å²) in [6, 6.07) is 7.65. The summed E-state index contributed by atoms with van der Waals surface area (Å²) in [5, 5.41) is 4.19. The number of rotatable bonds is 3. The SMILES string of the molecule is CN(C)c1ccc(N(N)C(=O)NC2CCCCC2)cc1. The van der Waals surface area contributed by atoms with E-state index in [4.69, 9.17) is 5.84 Å². The summed E-state index contributed by atoms with van der Waals surface area (Å²) in [6.07, 6.45) is 5.75. The van der Waals surface area contributed by atoms with Gasteiger partial charge < -0.3 is 10.2 Å². The third-order valence-corrected chi connectivity index (χ3v) is 3.80. The Morgan fingerprint density at radius 1 is 1.10 bits per heavy atom. The van der Waals surface area contributed by atoms with Gasteiger partial charge in [0.2, 0.25) is 0 Å². The average molecular weight is 276 g/mol. The molecule has 1 aliphatic carbocycles. The van der Waals surface area contributed by atoms with E-state index in [0.29, 0.717) is 5.69 Å². The monoisotopic (exact) mass is 276 g/mol. The van der Waals surface area contributed by atoms with Gasteiger partial charge >= 0.3 is 6.03 Å². The second-order valence-electron chi connectivity index (χ2n) is 5.57. The number of hydrogen-bond donors (Lipinski definition) is 2. The van der Waals surface area contributed by atoms with E-state index in [1.54, 1.807) is 0 Å². The van der Waals surface area contributed by atoms with E-state index in [-0.39, 0.29) is 12.1 Å². The van der Waals surface area contributed by atoms with E-state index < -0.39 is 0 Å². The van der Waals surface area contributed by atoms with Gasteiger partial charge in [-0.3, -0.25) is 0 Å². The molecule has 1 aromatic rings. The maximum Gasteiger partial charge on any atom is 0.336 e. The number of anilines is 2. The second kappa shape index (κ2) is 6.61. The third kappa shape index (κ3) is 3.63. The molecule has 0 radical (unpaired) electrons. The molecule has 0 unspecified atom stereocenters. The highest BCUT2D eigenvalue weighted by molar-refractivity contribution is 5.91. The molecule has 5 nitrogen and oxygen atoms in total. The molecule has 2 amide bonds. The van der Waals surface area contributed by atoms with Crippen molar-refractivity contribution < 1.29 is 4.79 Å². The Labute approximate surface area is 120 Å².